The Morgan fingerprint density at radius 1 is 1.16 bits per heavy atom. The van der Waals surface area contributed by atoms with Crippen LogP contribution in [0.2, 0.25) is 0 Å². The minimum absolute atomic E-state index is 0.0482. The zero-order chi connectivity index (χ0) is 23.6. The SMILES string of the molecule is CC(C)CCCC(C)C/C=C/C1(C)CCc2cc(OCCCCCP(=O)(O)O)ccc2O1. The van der Waals surface area contributed by atoms with Crippen LogP contribution in [0.4, 0.5) is 0 Å². The summed E-state index contributed by atoms with van der Waals surface area (Å²) in [5.74, 6) is 3.26. The molecule has 0 aliphatic carbocycles. The van der Waals surface area contributed by atoms with E-state index in [1.165, 1.54) is 24.8 Å². The van der Waals surface area contributed by atoms with E-state index in [0.29, 0.717) is 18.9 Å². The molecule has 6 heteroatoms. The van der Waals surface area contributed by atoms with E-state index in [9.17, 15) is 4.57 Å². The standard InChI is InChI=1S/C26H43O5P/c1-21(2)10-8-11-22(3)12-9-16-26(4)17-15-23-20-24(13-14-25(23)31-26)30-18-6-5-7-19-32(27,28)29/h9,13-14,16,20-22H,5-8,10-12,15,17-19H2,1-4H3,(H2,27,28,29)/b16-9+. The summed E-state index contributed by atoms with van der Waals surface area (Å²) in [6.45, 7) is 9.63. The number of hydrogen-bond donors (Lipinski definition) is 2. The molecule has 1 aromatic carbocycles. The van der Waals surface area contributed by atoms with Gasteiger partial charge in [0.15, 0.2) is 0 Å². The summed E-state index contributed by atoms with van der Waals surface area (Å²) in [6.07, 6.45) is 13.5. The molecule has 0 spiro atoms. The normalized spacial score (nSPS) is 19.7. The van der Waals surface area contributed by atoms with Gasteiger partial charge in [0, 0.05) is 6.16 Å². The van der Waals surface area contributed by atoms with E-state index in [0.717, 1.165) is 49.5 Å². The molecule has 2 N–H and O–H groups in total. The molecule has 0 radical (unpaired) electrons. The maximum absolute atomic E-state index is 10.9. The number of fused-ring (bicyclic) bond motifs is 1. The van der Waals surface area contributed by atoms with Gasteiger partial charge >= 0.3 is 7.60 Å². The van der Waals surface area contributed by atoms with Gasteiger partial charge in [-0.2, -0.15) is 0 Å². The van der Waals surface area contributed by atoms with Crippen LogP contribution in [0.5, 0.6) is 11.5 Å². The van der Waals surface area contributed by atoms with Gasteiger partial charge in [-0.1, -0.05) is 46.1 Å². The predicted molar refractivity (Wildman–Crippen MR) is 132 cm³/mol. The molecule has 0 bridgehead atoms. The fraction of sp³-hybridized carbons (Fsp3) is 0.692. The van der Waals surface area contributed by atoms with Gasteiger partial charge in [-0.25, -0.2) is 0 Å². The molecule has 0 saturated carbocycles. The third-order valence-electron chi connectivity index (χ3n) is 6.12. The largest absolute Gasteiger partial charge is 0.494 e. The quantitative estimate of drug-likeness (QED) is 0.177. The number of unbranched alkanes of at least 4 members (excludes halogenated alkanes) is 2. The number of rotatable bonds is 14. The van der Waals surface area contributed by atoms with E-state index in [1.54, 1.807) is 0 Å². The van der Waals surface area contributed by atoms with Crippen molar-refractivity contribution in [3.05, 3.63) is 35.9 Å². The molecule has 0 fully saturated rings. The molecule has 2 unspecified atom stereocenters. The molecule has 32 heavy (non-hydrogen) atoms. The van der Waals surface area contributed by atoms with E-state index >= 15 is 0 Å². The van der Waals surface area contributed by atoms with Crippen LogP contribution in [0.25, 0.3) is 0 Å². The Balaban J connectivity index is 1.75. The van der Waals surface area contributed by atoms with Gasteiger partial charge in [-0.3, -0.25) is 4.57 Å². The third kappa shape index (κ3) is 10.6. The first-order chi connectivity index (χ1) is 15.1. The fourth-order valence-electron chi connectivity index (χ4n) is 4.07. The first-order valence-corrected chi connectivity index (χ1v) is 14.0. The molecule has 1 aliphatic rings. The molecular formula is C26H43O5P. The average molecular weight is 467 g/mol. The van der Waals surface area contributed by atoms with Gasteiger partial charge in [-0.15, -0.1) is 0 Å². The Hall–Kier alpha value is -1.29. The maximum atomic E-state index is 10.9. The summed E-state index contributed by atoms with van der Waals surface area (Å²) in [4.78, 5) is 17.8. The summed E-state index contributed by atoms with van der Waals surface area (Å²) in [7, 11) is -3.88. The van der Waals surface area contributed by atoms with Gasteiger partial charge in [0.2, 0.25) is 0 Å². The fourth-order valence-corrected chi connectivity index (χ4v) is 4.71. The summed E-state index contributed by atoms with van der Waals surface area (Å²) < 4.78 is 23.0. The van der Waals surface area contributed by atoms with E-state index in [1.807, 2.05) is 12.1 Å². The van der Waals surface area contributed by atoms with Crippen molar-refractivity contribution in [3.8, 4) is 11.5 Å². The van der Waals surface area contributed by atoms with Crippen molar-refractivity contribution >= 4 is 7.60 Å². The van der Waals surface area contributed by atoms with Crippen LogP contribution >= 0.6 is 7.60 Å². The van der Waals surface area contributed by atoms with Crippen molar-refractivity contribution in [1.82, 2.24) is 0 Å². The van der Waals surface area contributed by atoms with Crippen LogP contribution < -0.4 is 9.47 Å². The van der Waals surface area contributed by atoms with E-state index in [2.05, 4.69) is 45.9 Å². The number of ether oxygens (including phenoxy) is 2. The second kappa shape index (κ2) is 12.8. The minimum atomic E-state index is -3.88. The van der Waals surface area contributed by atoms with E-state index in [4.69, 9.17) is 19.3 Å². The first kappa shape index (κ1) is 27.0. The molecule has 0 amide bonds. The second-order valence-electron chi connectivity index (χ2n) is 10.0. The highest BCUT2D eigenvalue weighted by molar-refractivity contribution is 7.51. The second-order valence-corrected chi connectivity index (χ2v) is 11.8. The van der Waals surface area contributed by atoms with Crippen LogP contribution in [0.15, 0.2) is 30.4 Å². The molecular weight excluding hydrogens is 423 g/mol. The van der Waals surface area contributed by atoms with Crippen molar-refractivity contribution in [1.29, 1.82) is 0 Å². The van der Waals surface area contributed by atoms with Crippen LogP contribution in [-0.4, -0.2) is 28.2 Å². The molecule has 1 aliphatic heterocycles. The Morgan fingerprint density at radius 2 is 1.94 bits per heavy atom. The zero-order valence-corrected chi connectivity index (χ0v) is 21.3. The summed E-state index contributed by atoms with van der Waals surface area (Å²) in [5, 5.41) is 0. The topological polar surface area (TPSA) is 76.0 Å². The lowest BCUT2D eigenvalue weighted by atomic mass is 9.91. The molecule has 5 nitrogen and oxygen atoms in total. The lowest BCUT2D eigenvalue weighted by Crippen LogP contribution is -2.34. The van der Waals surface area contributed by atoms with Crippen molar-refractivity contribution in [3.63, 3.8) is 0 Å². The molecule has 1 aromatic rings. The number of benzene rings is 1. The van der Waals surface area contributed by atoms with Crippen molar-refractivity contribution in [2.24, 2.45) is 11.8 Å². The van der Waals surface area contributed by atoms with Gasteiger partial charge in [-0.05, 0) is 87.1 Å². The van der Waals surface area contributed by atoms with Gasteiger partial charge in [0.25, 0.3) is 0 Å². The monoisotopic (exact) mass is 466 g/mol. The van der Waals surface area contributed by atoms with Crippen molar-refractivity contribution in [2.75, 3.05) is 12.8 Å². The Labute approximate surface area is 194 Å². The molecule has 1 heterocycles. The highest BCUT2D eigenvalue weighted by atomic mass is 31.2. The molecule has 0 aromatic heterocycles. The Morgan fingerprint density at radius 3 is 2.66 bits per heavy atom. The van der Waals surface area contributed by atoms with E-state index in [-0.39, 0.29) is 11.8 Å². The van der Waals surface area contributed by atoms with Crippen LogP contribution in [0.3, 0.4) is 0 Å². The summed E-state index contributed by atoms with van der Waals surface area (Å²) >= 11 is 0. The number of aryl methyl sites for hydroxylation is 1. The highest BCUT2D eigenvalue weighted by Crippen LogP contribution is 2.37. The van der Waals surface area contributed by atoms with Crippen molar-refractivity contribution < 1.29 is 23.8 Å². The maximum Gasteiger partial charge on any atom is 0.325 e. The van der Waals surface area contributed by atoms with Crippen LogP contribution in [0, 0.1) is 11.8 Å². The Bertz CT molecular complexity index is 769. The van der Waals surface area contributed by atoms with Crippen LogP contribution in [0.1, 0.15) is 84.6 Å². The molecule has 2 atom stereocenters. The highest BCUT2D eigenvalue weighted by Gasteiger charge is 2.29. The first-order valence-electron chi connectivity index (χ1n) is 12.2. The Kier molecular flexibility index (Phi) is 10.8. The third-order valence-corrected chi connectivity index (χ3v) is 7.01. The summed E-state index contributed by atoms with van der Waals surface area (Å²) in [5.41, 5.74) is 0.920. The molecule has 2 rings (SSSR count). The zero-order valence-electron chi connectivity index (χ0n) is 20.4. The predicted octanol–water partition coefficient (Wildman–Crippen LogP) is 6.91. The van der Waals surface area contributed by atoms with Crippen LogP contribution in [-0.2, 0) is 11.0 Å². The number of allylic oxidation sites excluding steroid dienone is 1. The molecule has 0 saturated heterocycles. The number of hydrogen-bond acceptors (Lipinski definition) is 3. The smallest absolute Gasteiger partial charge is 0.325 e. The molecule has 182 valence electrons. The van der Waals surface area contributed by atoms with Crippen molar-refractivity contribution in [2.45, 2.75) is 91.1 Å². The minimum Gasteiger partial charge on any atom is -0.494 e. The average Bonchev–Trinajstić information content (AvgIpc) is 2.69. The van der Waals surface area contributed by atoms with E-state index < -0.39 is 7.60 Å². The lowest BCUT2D eigenvalue weighted by molar-refractivity contribution is 0.114. The van der Waals surface area contributed by atoms with Gasteiger partial charge < -0.3 is 19.3 Å². The van der Waals surface area contributed by atoms with Gasteiger partial charge in [0.1, 0.15) is 17.1 Å². The van der Waals surface area contributed by atoms with Gasteiger partial charge in [0.05, 0.1) is 6.61 Å². The lowest BCUT2D eigenvalue weighted by Gasteiger charge is -2.33. The summed E-state index contributed by atoms with van der Waals surface area (Å²) in [6, 6.07) is 6.00.